The Kier molecular flexibility index (Phi) is 4.57. The van der Waals surface area contributed by atoms with Crippen LogP contribution in [0, 0.1) is 11.3 Å². The third kappa shape index (κ3) is 4.08. The van der Waals surface area contributed by atoms with E-state index in [1.807, 2.05) is 36.4 Å². The molecule has 0 radical (unpaired) electrons. The summed E-state index contributed by atoms with van der Waals surface area (Å²) in [6.07, 6.45) is 0.407. The first-order chi connectivity index (χ1) is 10.1. The molecule has 0 aliphatic carbocycles. The van der Waals surface area contributed by atoms with E-state index in [1.165, 1.54) is 0 Å². The number of nitrogens with zero attached hydrogens (tertiary/aromatic N) is 2. The molecule has 1 N–H and O–H groups in total. The molecule has 0 saturated carbocycles. The second-order valence-electron chi connectivity index (χ2n) is 4.98. The monoisotopic (exact) mass is 279 g/mol. The van der Waals surface area contributed by atoms with E-state index in [0.29, 0.717) is 12.0 Å². The zero-order valence-electron chi connectivity index (χ0n) is 12.1. The van der Waals surface area contributed by atoms with Crippen molar-refractivity contribution < 1.29 is 4.79 Å². The van der Waals surface area contributed by atoms with Gasteiger partial charge in [0.2, 0.25) is 5.91 Å². The topological polar surface area (TPSA) is 56.1 Å². The van der Waals surface area contributed by atoms with Crippen LogP contribution in [0.4, 0.5) is 11.4 Å². The average Bonchev–Trinajstić information content (AvgIpc) is 2.50. The number of nitrogens with one attached hydrogen (secondary N) is 1. The number of hydrogen-bond acceptors (Lipinski definition) is 3. The number of carbonyl (C=O) groups excluding carboxylic acids is 1. The molecule has 0 bridgehead atoms. The summed E-state index contributed by atoms with van der Waals surface area (Å²) in [6, 6.07) is 17.1. The van der Waals surface area contributed by atoms with Gasteiger partial charge in [0.25, 0.3) is 0 Å². The molecule has 0 atom stereocenters. The van der Waals surface area contributed by atoms with Gasteiger partial charge in [-0.3, -0.25) is 4.79 Å². The summed E-state index contributed by atoms with van der Waals surface area (Å²) >= 11 is 0. The van der Waals surface area contributed by atoms with Gasteiger partial charge < -0.3 is 10.2 Å². The highest BCUT2D eigenvalue weighted by atomic mass is 16.2. The minimum absolute atomic E-state index is 0.0859. The van der Waals surface area contributed by atoms with Gasteiger partial charge in [0.05, 0.1) is 18.1 Å². The SMILES string of the molecule is CN(C)C(=O)Cc1ccc(Nc2ccc(C#N)cc2)cc1. The summed E-state index contributed by atoms with van der Waals surface area (Å²) in [5, 5.41) is 12.0. The van der Waals surface area contributed by atoms with Gasteiger partial charge >= 0.3 is 0 Å². The standard InChI is InChI=1S/C17H17N3O/c1-20(2)17(21)11-13-3-7-15(8-4-13)19-16-9-5-14(12-18)6-10-16/h3-10,19H,11H2,1-2H3. The number of anilines is 2. The molecule has 0 aliphatic rings. The largest absolute Gasteiger partial charge is 0.356 e. The molecule has 1 amide bonds. The molecule has 0 saturated heterocycles. The minimum atomic E-state index is 0.0859. The molecule has 0 fully saturated rings. The van der Waals surface area contributed by atoms with Crippen LogP contribution in [0.5, 0.6) is 0 Å². The molecule has 0 aliphatic heterocycles. The number of benzene rings is 2. The zero-order chi connectivity index (χ0) is 15.2. The maximum atomic E-state index is 11.6. The van der Waals surface area contributed by atoms with Crippen molar-refractivity contribution in [2.75, 3.05) is 19.4 Å². The highest BCUT2D eigenvalue weighted by Crippen LogP contribution is 2.18. The van der Waals surface area contributed by atoms with Gasteiger partial charge in [-0.1, -0.05) is 12.1 Å². The molecule has 4 nitrogen and oxygen atoms in total. The molecule has 0 aromatic heterocycles. The number of hydrogen-bond donors (Lipinski definition) is 1. The second-order valence-corrected chi connectivity index (χ2v) is 4.98. The van der Waals surface area contributed by atoms with E-state index in [4.69, 9.17) is 5.26 Å². The third-order valence-corrected chi connectivity index (χ3v) is 3.11. The van der Waals surface area contributed by atoms with Crippen LogP contribution in [0.15, 0.2) is 48.5 Å². The van der Waals surface area contributed by atoms with Crippen LogP contribution in [0.1, 0.15) is 11.1 Å². The Morgan fingerprint density at radius 2 is 1.57 bits per heavy atom. The number of rotatable bonds is 4. The van der Waals surface area contributed by atoms with Crippen LogP contribution in [-0.4, -0.2) is 24.9 Å². The van der Waals surface area contributed by atoms with Gasteiger partial charge in [0.15, 0.2) is 0 Å². The fourth-order valence-electron chi connectivity index (χ4n) is 1.83. The van der Waals surface area contributed by atoms with Crippen LogP contribution in [0.3, 0.4) is 0 Å². The molecular formula is C17H17N3O. The molecule has 2 aromatic rings. The van der Waals surface area contributed by atoms with Gasteiger partial charge in [-0.15, -0.1) is 0 Å². The van der Waals surface area contributed by atoms with E-state index in [-0.39, 0.29) is 5.91 Å². The van der Waals surface area contributed by atoms with Crippen LogP contribution in [-0.2, 0) is 11.2 Å². The maximum Gasteiger partial charge on any atom is 0.226 e. The van der Waals surface area contributed by atoms with E-state index in [0.717, 1.165) is 16.9 Å². The molecule has 106 valence electrons. The minimum Gasteiger partial charge on any atom is -0.356 e. The first kappa shape index (κ1) is 14.6. The zero-order valence-corrected chi connectivity index (χ0v) is 12.1. The first-order valence-electron chi connectivity index (χ1n) is 6.65. The fraction of sp³-hybridized carbons (Fsp3) is 0.176. The molecule has 2 aromatic carbocycles. The molecule has 0 heterocycles. The molecule has 21 heavy (non-hydrogen) atoms. The first-order valence-corrected chi connectivity index (χ1v) is 6.65. The van der Waals surface area contributed by atoms with Crippen LogP contribution in [0.25, 0.3) is 0 Å². The second kappa shape index (κ2) is 6.58. The predicted octanol–water partition coefficient (Wildman–Crippen LogP) is 2.93. The van der Waals surface area contributed by atoms with Crippen molar-refractivity contribution in [1.29, 1.82) is 5.26 Å². The highest BCUT2D eigenvalue weighted by molar-refractivity contribution is 5.78. The highest BCUT2D eigenvalue weighted by Gasteiger charge is 2.05. The van der Waals surface area contributed by atoms with Gasteiger partial charge in [-0.2, -0.15) is 5.26 Å². The predicted molar refractivity (Wildman–Crippen MR) is 83.3 cm³/mol. The Hall–Kier alpha value is -2.80. The molecular weight excluding hydrogens is 262 g/mol. The van der Waals surface area contributed by atoms with Gasteiger partial charge in [0.1, 0.15) is 0 Å². The van der Waals surface area contributed by atoms with E-state index >= 15 is 0 Å². The Labute approximate surface area is 124 Å². The third-order valence-electron chi connectivity index (χ3n) is 3.11. The number of amides is 1. The van der Waals surface area contributed by atoms with Crippen LogP contribution in [0.2, 0.25) is 0 Å². The van der Waals surface area contributed by atoms with Crippen molar-refractivity contribution in [2.24, 2.45) is 0 Å². The quantitative estimate of drug-likeness (QED) is 0.936. The van der Waals surface area contributed by atoms with Crippen molar-refractivity contribution in [3.8, 4) is 6.07 Å². The lowest BCUT2D eigenvalue weighted by atomic mass is 10.1. The van der Waals surface area contributed by atoms with E-state index < -0.39 is 0 Å². The van der Waals surface area contributed by atoms with Gasteiger partial charge in [0, 0.05) is 25.5 Å². The Morgan fingerprint density at radius 1 is 1.05 bits per heavy atom. The summed E-state index contributed by atoms with van der Waals surface area (Å²) < 4.78 is 0. The number of carbonyl (C=O) groups is 1. The number of likely N-dealkylation sites (N-methyl/N-ethyl adjacent to an activating group) is 1. The average molecular weight is 279 g/mol. The normalized spacial score (nSPS) is 9.76. The summed E-state index contributed by atoms with van der Waals surface area (Å²) in [6.45, 7) is 0. The van der Waals surface area contributed by atoms with E-state index in [1.54, 1.807) is 31.1 Å². The Morgan fingerprint density at radius 3 is 2.05 bits per heavy atom. The molecule has 0 unspecified atom stereocenters. The molecule has 2 rings (SSSR count). The Balaban J connectivity index is 2.02. The smallest absolute Gasteiger partial charge is 0.226 e. The summed E-state index contributed by atoms with van der Waals surface area (Å²) in [5.41, 5.74) is 3.49. The fourth-order valence-corrected chi connectivity index (χ4v) is 1.83. The summed E-state index contributed by atoms with van der Waals surface area (Å²) in [5.74, 6) is 0.0859. The Bertz CT molecular complexity index is 652. The van der Waals surface area contributed by atoms with Crippen molar-refractivity contribution in [2.45, 2.75) is 6.42 Å². The lowest BCUT2D eigenvalue weighted by Gasteiger charge is -2.11. The number of nitriles is 1. The summed E-state index contributed by atoms with van der Waals surface area (Å²) in [7, 11) is 3.51. The van der Waals surface area contributed by atoms with Crippen molar-refractivity contribution >= 4 is 17.3 Å². The lowest BCUT2D eigenvalue weighted by Crippen LogP contribution is -2.23. The lowest BCUT2D eigenvalue weighted by molar-refractivity contribution is -0.127. The van der Waals surface area contributed by atoms with Gasteiger partial charge in [-0.05, 0) is 42.0 Å². The van der Waals surface area contributed by atoms with Gasteiger partial charge in [-0.25, -0.2) is 0 Å². The maximum absolute atomic E-state index is 11.6. The van der Waals surface area contributed by atoms with Crippen LogP contribution < -0.4 is 5.32 Å². The van der Waals surface area contributed by atoms with Crippen molar-refractivity contribution in [3.05, 3.63) is 59.7 Å². The van der Waals surface area contributed by atoms with Crippen molar-refractivity contribution in [3.63, 3.8) is 0 Å². The van der Waals surface area contributed by atoms with E-state index in [2.05, 4.69) is 11.4 Å². The summed E-state index contributed by atoms with van der Waals surface area (Å²) in [4.78, 5) is 13.2. The van der Waals surface area contributed by atoms with Crippen LogP contribution >= 0.6 is 0 Å². The van der Waals surface area contributed by atoms with Crippen molar-refractivity contribution in [1.82, 2.24) is 4.90 Å². The molecule has 4 heteroatoms. The molecule has 0 spiro atoms. The van der Waals surface area contributed by atoms with E-state index in [9.17, 15) is 4.79 Å².